The Morgan fingerprint density at radius 1 is 1.43 bits per heavy atom. The molecule has 1 aromatic carbocycles. The van der Waals surface area contributed by atoms with Gasteiger partial charge in [0.25, 0.3) is 5.91 Å². The van der Waals surface area contributed by atoms with Crippen molar-refractivity contribution in [2.75, 3.05) is 6.54 Å². The lowest BCUT2D eigenvalue weighted by molar-refractivity contribution is -0.138. The number of likely N-dealkylation sites (tertiary alicyclic amines) is 1. The first-order valence-electron chi connectivity index (χ1n) is 7.83. The fourth-order valence-electron chi connectivity index (χ4n) is 3.03. The standard InChI is InChI=1S/C18H20ClNO2S/c1-12-11-14(19)7-8-16(12)22-13(2)18(21)20-9-3-5-15(20)17-6-4-10-23-17/h4,6-8,10-11,13,15H,3,5,9H2,1-2H3. The van der Waals surface area contributed by atoms with E-state index in [0.717, 1.165) is 24.9 Å². The lowest BCUT2D eigenvalue weighted by atomic mass is 10.1. The van der Waals surface area contributed by atoms with Gasteiger partial charge in [0, 0.05) is 16.4 Å². The number of carbonyl (C=O) groups is 1. The molecule has 0 saturated carbocycles. The highest BCUT2D eigenvalue weighted by Gasteiger charge is 2.33. The van der Waals surface area contributed by atoms with Gasteiger partial charge >= 0.3 is 0 Å². The minimum Gasteiger partial charge on any atom is -0.481 e. The average molecular weight is 350 g/mol. The van der Waals surface area contributed by atoms with Crippen molar-refractivity contribution in [2.45, 2.75) is 38.8 Å². The summed E-state index contributed by atoms with van der Waals surface area (Å²) in [4.78, 5) is 16.0. The normalized spacial score (nSPS) is 18.9. The minimum atomic E-state index is -0.504. The monoisotopic (exact) mass is 349 g/mol. The Labute approximate surface area is 145 Å². The van der Waals surface area contributed by atoms with E-state index in [1.54, 1.807) is 17.4 Å². The molecule has 0 N–H and O–H groups in total. The minimum absolute atomic E-state index is 0.0512. The van der Waals surface area contributed by atoms with E-state index in [4.69, 9.17) is 16.3 Å². The van der Waals surface area contributed by atoms with Crippen molar-refractivity contribution in [3.8, 4) is 5.75 Å². The van der Waals surface area contributed by atoms with Crippen LogP contribution in [0.3, 0.4) is 0 Å². The summed E-state index contributed by atoms with van der Waals surface area (Å²) in [7, 11) is 0. The zero-order valence-electron chi connectivity index (χ0n) is 13.3. The van der Waals surface area contributed by atoms with Gasteiger partial charge in [-0.15, -0.1) is 11.3 Å². The average Bonchev–Trinajstić information content (AvgIpc) is 3.19. The van der Waals surface area contributed by atoms with Crippen molar-refractivity contribution in [3.63, 3.8) is 0 Å². The summed E-state index contributed by atoms with van der Waals surface area (Å²) in [6, 6.07) is 9.79. The SMILES string of the molecule is Cc1cc(Cl)ccc1OC(C)C(=O)N1CCCC1c1cccs1. The summed E-state index contributed by atoms with van der Waals surface area (Å²) in [6.45, 7) is 4.55. The number of halogens is 1. The lowest BCUT2D eigenvalue weighted by Crippen LogP contribution is -2.40. The Kier molecular flexibility index (Phi) is 4.93. The smallest absolute Gasteiger partial charge is 0.263 e. The van der Waals surface area contributed by atoms with Crippen LogP contribution in [0.5, 0.6) is 5.75 Å². The van der Waals surface area contributed by atoms with E-state index in [1.807, 2.05) is 36.9 Å². The van der Waals surface area contributed by atoms with Gasteiger partial charge in [-0.05, 0) is 61.9 Å². The molecule has 1 fully saturated rings. The molecule has 2 atom stereocenters. The van der Waals surface area contributed by atoms with Gasteiger partial charge in [0.1, 0.15) is 5.75 Å². The van der Waals surface area contributed by atoms with E-state index in [0.29, 0.717) is 10.8 Å². The van der Waals surface area contributed by atoms with E-state index in [1.165, 1.54) is 4.88 Å². The zero-order valence-corrected chi connectivity index (χ0v) is 14.9. The number of hydrogen-bond donors (Lipinski definition) is 0. The summed E-state index contributed by atoms with van der Waals surface area (Å²) in [5.41, 5.74) is 0.938. The van der Waals surface area contributed by atoms with Crippen LogP contribution in [0.25, 0.3) is 0 Å². The second-order valence-corrected chi connectivity index (χ2v) is 7.29. The molecule has 1 saturated heterocycles. The number of benzene rings is 1. The summed E-state index contributed by atoms with van der Waals surface area (Å²) < 4.78 is 5.89. The summed E-state index contributed by atoms with van der Waals surface area (Å²) in [5, 5.41) is 2.74. The van der Waals surface area contributed by atoms with Crippen molar-refractivity contribution < 1.29 is 9.53 Å². The van der Waals surface area contributed by atoms with E-state index >= 15 is 0 Å². The molecule has 5 heteroatoms. The molecule has 0 bridgehead atoms. The molecule has 2 aromatic rings. The number of ether oxygens (including phenoxy) is 1. The molecule has 3 rings (SSSR count). The maximum atomic E-state index is 12.8. The first-order valence-corrected chi connectivity index (χ1v) is 9.08. The van der Waals surface area contributed by atoms with Crippen LogP contribution in [-0.4, -0.2) is 23.5 Å². The molecule has 2 unspecified atom stereocenters. The van der Waals surface area contributed by atoms with Gasteiger partial charge in [0.15, 0.2) is 6.10 Å². The molecule has 1 aromatic heterocycles. The molecule has 0 radical (unpaired) electrons. The van der Waals surface area contributed by atoms with Crippen molar-refractivity contribution in [2.24, 2.45) is 0 Å². The van der Waals surface area contributed by atoms with Crippen LogP contribution in [0.1, 0.15) is 36.2 Å². The van der Waals surface area contributed by atoms with Crippen molar-refractivity contribution in [1.29, 1.82) is 0 Å². The van der Waals surface area contributed by atoms with Crippen LogP contribution in [0.4, 0.5) is 0 Å². The number of thiophene rings is 1. The summed E-state index contributed by atoms with van der Waals surface area (Å²) in [5.74, 6) is 0.761. The zero-order chi connectivity index (χ0) is 16.4. The first kappa shape index (κ1) is 16.3. The highest BCUT2D eigenvalue weighted by Crippen LogP contribution is 2.35. The first-order chi connectivity index (χ1) is 11.1. The van der Waals surface area contributed by atoms with Gasteiger partial charge in [-0.2, -0.15) is 0 Å². The fraction of sp³-hybridized carbons (Fsp3) is 0.389. The van der Waals surface area contributed by atoms with Gasteiger partial charge in [0.2, 0.25) is 0 Å². The third-order valence-electron chi connectivity index (χ3n) is 4.20. The molecule has 1 amide bonds. The van der Waals surface area contributed by atoms with E-state index in [-0.39, 0.29) is 11.9 Å². The number of nitrogens with zero attached hydrogens (tertiary/aromatic N) is 1. The number of hydrogen-bond acceptors (Lipinski definition) is 3. The molecule has 23 heavy (non-hydrogen) atoms. The number of rotatable bonds is 4. The molecule has 2 heterocycles. The van der Waals surface area contributed by atoms with Crippen molar-refractivity contribution >= 4 is 28.8 Å². The Balaban J connectivity index is 1.71. The van der Waals surface area contributed by atoms with Gasteiger partial charge in [-0.1, -0.05) is 17.7 Å². The van der Waals surface area contributed by atoms with Crippen LogP contribution < -0.4 is 4.74 Å². The highest BCUT2D eigenvalue weighted by molar-refractivity contribution is 7.10. The topological polar surface area (TPSA) is 29.5 Å². The van der Waals surface area contributed by atoms with E-state index in [2.05, 4.69) is 11.4 Å². The molecule has 3 nitrogen and oxygen atoms in total. The Morgan fingerprint density at radius 3 is 2.96 bits per heavy atom. The van der Waals surface area contributed by atoms with Crippen LogP contribution in [0.2, 0.25) is 5.02 Å². The predicted molar refractivity (Wildman–Crippen MR) is 94.3 cm³/mol. The van der Waals surface area contributed by atoms with Crippen molar-refractivity contribution in [1.82, 2.24) is 4.90 Å². The number of amides is 1. The molecule has 1 aliphatic rings. The Bertz CT molecular complexity index is 686. The third-order valence-corrected chi connectivity index (χ3v) is 5.40. The fourth-order valence-corrected chi connectivity index (χ4v) is 4.13. The molecular formula is C18H20ClNO2S. The van der Waals surface area contributed by atoms with Gasteiger partial charge in [-0.25, -0.2) is 0 Å². The second kappa shape index (κ2) is 6.93. The molecule has 122 valence electrons. The molecule has 1 aliphatic heterocycles. The van der Waals surface area contributed by atoms with Gasteiger partial charge in [-0.3, -0.25) is 4.79 Å². The number of carbonyl (C=O) groups excluding carboxylic acids is 1. The molecule has 0 aliphatic carbocycles. The lowest BCUT2D eigenvalue weighted by Gasteiger charge is -2.27. The van der Waals surface area contributed by atoms with Gasteiger partial charge < -0.3 is 9.64 Å². The maximum absolute atomic E-state index is 12.8. The van der Waals surface area contributed by atoms with Crippen molar-refractivity contribution in [3.05, 3.63) is 51.2 Å². The molecule has 0 spiro atoms. The Hall–Kier alpha value is -1.52. The third kappa shape index (κ3) is 3.54. The van der Waals surface area contributed by atoms with Crippen LogP contribution in [0, 0.1) is 6.92 Å². The van der Waals surface area contributed by atoms with Crippen LogP contribution >= 0.6 is 22.9 Å². The van der Waals surface area contributed by atoms with Crippen LogP contribution in [0.15, 0.2) is 35.7 Å². The van der Waals surface area contributed by atoms with Crippen LogP contribution in [-0.2, 0) is 4.79 Å². The predicted octanol–water partition coefficient (Wildman–Crippen LogP) is 4.84. The van der Waals surface area contributed by atoms with E-state index < -0.39 is 6.10 Å². The maximum Gasteiger partial charge on any atom is 0.263 e. The highest BCUT2D eigenvalue weighted by atomic mass is 35.5. The Morgan fingerprint density at radius 2 is 2.26 bits per heavy atom. The summed E-state index contributed by atoms with van der Waals surface area (Å²) in [6.07, 6.45) is 1.57. The largest absolute Gasteiger partial charge is 0.481 e. The second-order valence-electron chi connectivity index (χ2n) is 5.87. The summed E-state index contributed by atoms with van der Waals surface area (Å²) >= 11 is 7.68. The quantitative estimate of drug-likeness (QED) is 0.790. The van der Waals surface area contributed by atoms with Gasteiger partial charge in [0.05, 0.1) is 6.04 Å². The van der Waals surface area contributed by atoms with E-state index in [9.17, 15) is 4.79 Å². The number of aryl methyl sites for hydroxylation is 1. The molecular weight excluding hydrogens is 330 g/mol.